The van der Waals surface area contributed by atoms with Crippen LogP contribution in [0.4, 0.5) is 0 Å². The fourth-order valence-electron chi connectivity index (χ4n) is 5.79. The molecule has 0 saturated carbocycles. The lowest BCUT2D eigenvalue weighted by atomic mass is 9.98. The number of halogens is 2. The van der Waals surface area contributed by atoms with Gasteiger partial charge in [-0.1, -0.05) is 50.9 Å². The van der Waals surface area contributed by atoms with Crippen molar-refractivity contribution in [2.75, 3.05) is 13.2 Å². The van der Waals surface area contributed by atoms with Gasteiger partial charge in [-0.25, -0.2) is 19.0 Å². The molecule has 6 rings (SSSR count). The summed E-state index contributed by atoms with van der Waals surface area (Å²) in [5.74, 6) is -0.466. The highest BCUT2D eigenvalue weighted by Gasteiger charge is 2.41. The number of aliphatic hydroxyl groups is 1. The van der Waals surface area contributed by atoms with E-state index < -0.39 is 11.6 Å². The number of esters is 2. The normalized spacial score (nSPS) is 18.4. The molecule has 4 aromatic rings. The molecule has 2 aliphatic rings. The number of hydrogen-bond acceptors (Lipinski definition) is 7. The van der Waals surface area contributed by atoms with Gasteiger partial charge in [0, 0.05) is 25.8 Å². The smallest absolute Gasteiger partial charge is 0.359 e. The van der Waals surface area contributed by atoms with Crippen LogP contribution in [0.5, 0.6) is 0 Å². The average molecular weight is 714 g/mol. The van der Waals surface area contributed by atoms with Crippen LogP contribution in [0.25, 0.3) is 11.4 Å². The minimum atomic E-state index is -1.05. The van der Waals surface area contributed by atoms with Gasteiger partial charge in [-0.3, -0.25) is 0 Å². The number of rotatable bonds is 6. The monoisotopic (exact) mass is 712 g/mol. The Morgan fingerprint density at radius 2 is 1.44 bits per heavy atom. The summed E-state index contributed by atoms with van der Waals surface area (Å²) in [5, 5.41) is 19.5. The average Bonchev–Trinajstić information content (AvgIpc) is 3.72. The van der Waals surface area contributed by atoms with Gasteiger partial charge in [0.2, 0.25) is 0 Å². The van der Waals surface area contributed by atoms with E-state index in [-0.39, 0.29) is 18.3 Å². The number of benzene rings is 2. The molecule has 0 radical (unpaired) electrons. The molecule has 0 aliphatic heterocycles. The maximum atomic E-state index is 12.2. The Hall–Kier alpha value is -3.28. The topological polar surface area (TPSA) is 108 Å². The highest BCUT2D eigenvalue weighted by molar-refractivity contribution is 9.10. The van der Waals surface area contributed by atoms with Crippen LogP contribution >= 0.6 is 31.9 Å². The van der Waals surface area contributed by atoms with Gasteiger partial charge in [-0.05, 0) is 88.8 Å². The molecule has 2 aliphatic carbocycles. The Bertz CT molecular complexity index is 1680. The van der Waals surface area contributed by atoms with Crippen LogP contribution in [-0.2, 0) is 27.9 Å². The van der Waals surface area contributed by atoms with Gasteiger partial charge in [0.05, 0.1) is 35.9 Å². The first-order valence-corrected chi connectivity index (χ1v) is 16.0. The summed E-state index contributed by atoms with van der Waals surface area (Å²) in [4.78, 5) is 24.3. The molecule has 2 atom stereocenters. The molecule has 43 heavy (non-hydrogen) atoms. The summed E-state index contributed by atoms with van der Waals surface area (Å²) in [6.07, 6.45) is 3.23. The van der Waals surface area contributed by atoms with Crippen molar-refractivity contribution in [1.82, 2.24) is 19.6 Å². The Balaban J connectivity index is 0.000000171. The first-order valence-electron chi connectivity index (χ1n) is 14.4. The van der Waals surface area contributed by atoms with Gasteiger partial charge in [0.1, 0.15) is 0 Å². The van der Waals surface area contributed by atoms with E-state index in [4.69, 9.17) is 9.47 Å². The van der Waals surface area contributed by atoms with Crippen LogP contribution in [0, 0.1) is 0 Å². The molecule has 0 bridgehead atoms. The van der Waals surface area contributed by atoms with E-state index in [1.54, 1.807) is 18.5 Å². The number of nitrogens with zero attached hydrogens (tertiary/aromatic N) is 4. The molecule has 2 aromatic carbocycles. The van der Waals surface area contributed by atoms with Crippen molar-refractivity contribution in [2.45, 2.75) is 64.9 Å². The predicted molar refractivity (Wildman–Crippen MR) is 169 cm³/mol. The number of carbonyl (C=O) groups excluding carboxylic acids is 2. The van der Waals surface area contributed by atoms with Crippen LogP contribution in [0.1, 0.15) is 89.9 Å². The van der Waals surface area contributed by atoms with Gasteiger partial charge in [0.15, 0.2) is 11.4 Å². The zero-order valence-electron chi connectivity index (χ0n) is 24.6. The van der Waals surface area contributed by atoms with E-state index in [1.165, 1.54) is 0 Å². The quantitative estimate of drug-likeness (QED) is 0.218. The van der Waals surface area contributed by atoms with E-state index in [1.807, 2.05) is 60.1 Å². The molecule has 9 nitrogen and oxygen atoms in total. The fourth-order valence-corrected chi connectivity index (χ4v) is 6.57. The van der Waals surface area contributed by atoms with Crippen molar-refractivity contribution in [2.24, 2.45) is 0 Å². The van der Waals surface area contributed by atoms with Crippen LogP contribution in [0.3, 0.4) is 0 Å². The lowest BCUT2D eigenvalue weighted by Crippen LogP contribution is -2.21. The third-order valence-corrected chi connectivity index (χ3v) is 8.73. The maximum Gasteiger partial charge on any atom is 0.359 e. The summed E-state index contributed by atoms with van der Waals surface area (Å²) in [5.41, 5.74) is 5.07. The first-order chi connectivity index (χ1) is 20.6. The number of hydrogen-bond donors (Lipinski definition) is 1. The van der Waals surface area contributed by atoms with Crippen molar-refractivity contribution in [3.05, 3.63) is 91.4 Å². The van der Waals surface area contributed by atoms with E-state index in [0.29, 0.717) is 36.6 Å². The molecule has 0 amide bonds. The molecule has 2 unspecified atom stereocenters. The second-order valence-corrected chi connectivity index (χ2v) is 12.6. The second kappa shape index (κ2) is 12.8. The van der Waals surface area contributed by atoms with Crippen LogP contribution in [0.2, 0.25) is 0 Å². The van der Waals surface area contributed by atoms with Crippen LogP contribution in [-0.4, -0.2) is 49.8 Å². The zero-order chi connectivity index (χ0) is 30.9. The highest BCUT2D eigenvalue weighted by atomic mass is 79.9. The summed E-state index contributed by atoms with van der Waals surface area (Å²) >= 11 is 6.92. The van der Waals surface area contributed by atoms with Crippen molar-refractivity contribution in [1.29, 1.82) is 0 Å². The molecule has 1 N–H and O–H groups in total. The summed E-state index contributed by atoms with van der Waals surface area (Å²) in [6, 6.07) is 15.6. The molecular weight excluding hydrogens is 680 g/mol. The molecule has 2 aromatic heterocycles. The molecular formula is C32H34Br2N4O5. The molecule has 0 spiro atoms. The Morgan fingerprint density at radius 3 is 2.00 bits per heavy atom. The van der Waals surface area contributed by atoms with Crippen molar-refractivity contribution >= 4 is 43.8 Å². The van der Waals surface area contributed by atoms with Crippen LogP contribution in [0.15, 0.2) is 57.5 Å². The number of fused-ring (bicyclic) bond motifs is 2. The maximum absolute atomic E-state index is 12.2. The number of carbonyl (C=O) groups is 2. The van der Waals surface area contributed by atoms with E-state index in [2.05, 4.69) is 49.0 Å². The van der Waals surface area contributed by atoms with Crippen LogP contribution < -0.4 is 0 Å². The molecule has 11 heteroatoms. The van der Waals surface area contributed by atoms with Crippen molar-refractivity contribution in [3.8, 4) is 11.4 Å². The molecule has 226 valence electrons. The minimum absolute atomic E-state index is 0.208. The van der Waals surface area contributed by atoms with Crippen molar-refractivity contribution in [3.63, 3.8) is 0 Å². The molecule has 0 fully saturated rings. The lowest BCUT2D eigenvalue weighted by molar-refractivity contribution is 0.0446. The van der Waals surface area contributed by atoms with E-state index in [0.717, 1.165) is 50.1 Å². The summed E-state index contributed by atoms with van der Waals surface area (Å²) < 4.78 is 15.8. The summed E-state index contributed by atoms with van der Waals surface area (Å²) in [6.45, 7) is 8.07. The Labute approximate surface area is 267 Å². The Kier molecular flexibility index (Phi) is 9.24. The summed E-state index contributed by atoms with van der Waals surface area (Å²) in [7, 11) is 0. The largest absolute Gasteiger partial charge is 0.461 e. The molecule has 2 heterocycles. The highest BCUT2D eigenvalue weighted by Crippen LogP contribution is 2.40. The third-order valence-electron chi connectivity index (χ3n) is 7.74. The van der Waals surface area contributed by atoms with Crippen molar-refractivity contribution < 1.29 is 24.2 Å². The standard InChI is InChI=1S/C16H17BrN2O3.C16H17BrN2O2/c1-3-22-15(20)14-13-12(7-8-16(13,2)21)19(18-14)11-6-4-5-10(17)9-11;1-3-21-16(20)15-14-10(2)7-8-13(14)19(18-15)12-6-4-5-11(17)9-12/h4-6,9,21H,3,7-8H2,1-2H3;4-6,9-10H,3,7-8H2,1-2H3. The first kappa shape index (κ1) is 31.2. The second-order valence-electron chi connectivity index (χ2n) is 10.8. The Morgan fingerprint density at radius 1 is 0.907 bits per heavy atom. The van der Waals surface area contributed by atoms with Gasteiger partial charge in [-0.15, -0.1) is 0 Å². The minimum Gasteiger partial charge on any atom is -0.461 e. The van der Waals surface area contributed by atoms with Gasteiger partial charge in [-0.2, -0.15) is 10.2 Å². The van der Waals surface area contributed by atoms with E-state index in [9.17, 15) is 14.7 Å². The lowest BCUT2D eigenvalue weighted by Gasteiger charge is -2.16. The fraction of sp³-hybridized carbons (Fsp3) is 0.375. The zero-order valence-corrected chi connectivity index (χ0v) is 27.7. The molecule has 0 saturated heterocycles. The number of aromatic nitrogens is 4. The van der Waals surface area contributed by atoms with Gasteiger partial charge in [0.25, 0.3) is 0 Å². The SMILES string of the molecule is CCOC(=O)c1nn(-c2cccc(Br)c2)c2c1C(C)(O)CC2.CCOC(=O)c1nn(-c2cccc(Br)c2)c2c1C(C)CC2. The van der Waals surface area contributed by atoms with Gasteiger partial charge < -0.3 is 14.6 Å². The third kappa shape index (κ3) is 6.21. The van der Waals surface area contributed by atoms with Gasteiger partial charge >= 0.3 is 11.9 Å². The predicted octanol–water partition coefficient (Wildman–Crippen LogP) is 6.83. The number of ether oxygens (including phenoxy) is 2. The van der Waals surface area contributed by atoms with E-state index >= 15 is 0 Å².